The van der Waals surface area contributed by atoms with E-state index in [1.54, 1.807) is 32.4 Å². The predicted molar refractivity (Wildman–Crippen MR) is 111 cm³/mol. The Morgan fingerprint density at radius 1 is 1.15 bits per heavy atom. The van der Waals surface area contributed by atoms with Crippen molar-refractivity contribution < 1.29 is 18.7 Å². The van der Waals surface area contributed by atoms with Crippen LogP contribution in [0.25, 0.3) is 11.5 Å². The fraction of sp³-hybridized carbons (Fsp3) is 0.167. The van der Waals surface area contributed by atoms with Gasteiger partial charge in [-0.15, -0.1) is 10.2 Å². The molecule has 0 spiro atoms. The monoisotopic (exact) mass is 497 g/mol. The van der Waals surface area contributed by atoms with Crippen LogP contribution in [0.4, 0.5) is 5.69 Å². The summed E-state index contributed by atoms with van der Waals surface area (Å²) >= 11 is 3.38. The topological polar surface area (TPSA) is 86.5 Å². The lowest BCUT2D eigenvalue weighted by molar-refractivity contribution is -0.113. The molecular weight excluding hydrogens is 481 g/mol. The van der Waals surface area contributed by atoms with Gasteiger partial charge in [-0.3, -0.25) is 4.79 Å². The Bertz CT molecular complexity index is 931. The van der Waals surface area contributed by atoms with E-state index in [9.17, 15) is 4.79 Å². The van der Waals surface area contributed by atoms with E-state index in [-0.39, 0.29) is 11.7 Å². The van der Waals surface area contributed by atoms with Gasteiger partial charge in [0.15, 0.2) is 0 Å². The van der Waals surface area contributed by atoms with Crippen LogP contribution in [0.2, 0.25) is 0 Å². The van der Waals surface area contributed by atoms with Crippen LogP contribution in [-0.4, -0.2) is 36.1 Å². The summed E-state index contributed by atoms with van der Waals surface area (Å²) in [5, 5.41) is 11.1. The lowest BCUT2D eigenvalue weighted by atomic mass is 10.2. The number of halogens is 1. The SMILES string of the molecule is COc1ccc(-c2nnc(SCC(=O)Nc3ccc(I)cc3)o2)c(OC)c1. The van der Waals surface area contributed by atoms with Crippen LogP contribution >= 0.6 is 34.4 Å². The third-order valence-electron chi connectivity index (χ3n) is 3.50. The quantitative estimate of drug-likeness (QED) is 0.389. The highest BCUT2D eigenvalue weighted by molar-refractivity contribution is 14.1. The molecule has 0 unspecified atom stereocenters. The number of carbonyl (C=O) groups excluding carboxylic acids is 1. The minimum Gasteiger partial charge on any atom is -0.497 e. The number of nitrogens with one attached hydrogen (secondary N) is 1. The highest BCUT2D eigenvalue weighted by atomic mass is 127. The van der Waals surface area contributed by atoms with Crippen molar-refractivity contribution in [2.75, 3.05) is 25.3 Å². The van der Waals surface area contributed by atoms with Crippen LogP contribution < -0.4 is 14.8 Å². The van der Waals surface area contributed by atoms with E-state index in [0.29, 0.717) is 28.2 Å². The molecule has 0 radical (unpaired) electrons. The molecule has 0 bridgehead atoms. The molecule has 1 aromatic heterocycles. The molecule has 27 heavy (non-hydrogen) atoms. The molecule has 0 fully saturated rings. The second-order valence-corrected chi connectivity index (χ2v) is 7.46. The van der Waals surface area contributed by atoms with Gasteiger partial charge in [-0.05, 0) is 59.0 Å². The Kier molecular flexibility index (Phi) is 6.56. The average Bonchev–Trinajstić information content (AvgIpc) is 3.16. The van der Waals surface area contributed by atoms with E-state index >= 15 is 0 Å². The maximum absolute atomic E-state index is 12.1. The van der Waals surface area contributed by atoms with Gasteiger partial charge in [0, 0.05) is 15.3 Å². The number of thioether (sulfide) groups is 1. The van der Waals surface area contributed by atoms with E-state index in [1.165, 1.54) is 11.8 Å². The number of carbonyl (C=O) groups is 1. The molecule has 0 atom stereocenters. The zero-order valence-electron chi connectivity index (χ0n) is 14.6. The molecule has 3 aromatic rings. The summed E-state index contributed by atoms with van der Waals surface area (Å²) in [6.45, 7) is 0. The van der Waals surface area contributed by atoms with E-state index in [2.05, 4.69) is 38.1 Å². The fourth-order valence-corrected chi connectivity index (χ4v) is 3.13. The summed E-state index contributed by atoms with van der Waals surface area (Å²) in [6.07, 6.45) is 0. The number of rotatable bonds is 7. The van der Waals surface area contributed by atoms with Gasteiger partial charge in [0.1, 0.15) is 11.5 Å². The highest BCUT2D eigenvalue weighted by Crippen LogP contribution is 2.33. The van der Waals surface area contributed by atoms with Crippen molar-refractivity contribution in [3.63, 3.8) is 0 Å². The van der Waals surface area contributed by atoms with Crippen molar-refractivity contribution in [1.29, 1.82) is 0 Å². The first-order valence-corrected chi connectivity index (χ1v) is 9.89. The van der Waals surface area contributed by atoms with Crippen LogP contribution in [0, 0.1) is 3.57 Å². The van der Waals surface area contributed by atoms with Crippen LogP contribution in [0.15, 0.2) is 52.1 Å². The van der Waals surface area contributed by atoms with Crippen LogP contribution in [0.5, 0.6) is 11.5 Å². The number of hydrogen-bond donors (Lipinski definition) is 1. The van der Waals surface area contributed by atoms with E-state index in [1.807, 2.05) is 24.3 Å². The molecule has 0 aliphatic heterocycles. The number of anilines is 1. The van der Waals surface area contributed by atoms with Crippen molar-refractivity contribution in [3.8, 4) is 23.0 Å². The zero-order valence-corrected chi connectivity index (χ0v) is 17.5. The molecule has 3 rings (SSSR count). The molecule has 1 N–H and O–H groups in total. The maximum atomic E-state index is 12.1. The Hall–Kier alpha value is -2.27. The molecule has 0 aliphatic rings. The van der Waals surface area contributed by atoms with Crippen LogP contribution in [0.1, 0.15) is 0 Å². The zero-order chi connectivity index (χ0) is 19.2. The number of aromatic nitrogens is 2. The third kappa shape index (κ3) is 5.13. The number of ether oxygens (including phenoxy) is 2. The van der Waals surface area contributed by atoms with Gasteiger partial charge in [-0.1, -0.05) is 11.8 Å². The first kappa shape index (κ1) is 19.5. The summed E-state index contributed by atoms with van der Waals surface area (Å²) in [5.41, 5.74) is 1.40. The van der Waals surface area contributed by atoms with E-state index in [0.717, 1.165) is 9.26 Å². The molecule has 1 heterocycles. The van der Waals surface area contributed by atoms with Crippen LogP contribution in [0.3, 0.4) is 0 Å². The molecule has 0 saturated carbocycles. The summed E-state index contributed by atoms with van der Waals surface area (Å²) in [5.74, 6) is 1.55. The highest BCUT2D eigenvalue weighted by Gasteiger charge is 2.15. The largest absolute Gasteiger partial charge is 0.497 e. The molecule has 0 aliphatic carbocycles. The second-order valence-electron chi connectivity index (χ2n) is 5.28. The summed E-state index contributed by atoms with van der Waals surface area (Å²) in [4.78, 5) is 12.1. The van der Waals surface area contributed by atoms with Gasteiger partial charge in [0.2, 0.25) is 5.91 Å². The average molecular weight is 497 g/mol. The minimum absolute atomic E-state index is 0.150. The molecule has 1 amide bonds. The van der Waals surface area contributed by atoms with Crippen LogP contribution in [-0.2, 0) is 4.79 Å². The molecule has 140 valence electrons. The third-order valence-corrected chi connectivity index (χ3v) is 5.04. The van der Waals surface area contributed by atoms with Crippen molar-refractivity contribution in [1.82, 2.24) is 10.2 Å². The Morgan fingerprint density at radius 2 is 1.93 bits per heavy atom. The minimum atomic E-state index is -0.150. The first-order chi connectivity index (χ1) is 13.1. The van der Waals surface area contributed by atoms with E-state index in [4.69, 9.17) is 13.9 Å². The Balaban J connectivity index is 1.62. The predicted octanol–water partition coefficient (Wildman–Crippen LogP) is 4.09. The van der Waals surface area contributed by atoms with Gasteiger partial charge in [-0.25, -0.2) is 0 Å². The van der Waals surface area contributed by atoms with E-state index < -0.39 is 0 Å². The summed E-state index contributed by atoms with van der Waals surface area (Å²) < 4.78 is 17.3. The first-order valence-electron chi connectivity index (χ1n) is 7.83. The fourth-order valence-electron chi connectivity index (χ4n) is 2.21. The van der Waals surface area contributed by atoms with Gasteiger partial charge < -0.3 is 19.2 Å². The van der Waals surface area contributed by atoms with Gasteiger partial charge in [0.25, 0.3) is 11.1 Å². The van der Waals surface area contributed by atoms with Crippen molar-refractivity contribution in [2.45, 2.75) is 5.22 Å². The molecule has 0 saturated heterocycles. The molecule has 7 nitrogen and oxygen atoms in total. The summed E-state index contributed by atoms with van der Waals surface area (Å²) in [6, 6.07) is 12.9. The Morgan fingerprint density at radius 3 is 2.63 bits per heavy atom. The standard InChI is InChI=1S/C18H16IN3O4S/c1-24-13-7-8-14(15(9-13)25-2)17-21-22-18(26-17)27-10-16(23)20-12-5-3-11(19)4-6-12/h3-9H,10H2,1-2H3,(H,20,23). The lowest BCUT2D eigenvalue weighted by Gasteiger charge is -2.07. The number of benzene rings is 2. The van der Waals surface area contributed by atoms with Crippen molar-refractivity contribution in [2.24, 2.45) is 0 Å². The smallest absolute Gasteiger partial charge is 0.277 e. The van der Waals surface area contributed by atoms with Crippen molar-refractivity contribution >= 4 is 45.9 Å². The molecular formula is C18H16IN3O4S. The number of nitrogens with zero attached hydrogens (tertiary/aromatic N) is 2. The lowest BCUT2D eigenvalue weighted by Crippen LogP contribution is -2.13. The van der Waals surface area contributed by atoms with Gasteiger partial charge >= 0.3 is 0 Å². The maximum Gasteiger partial charge on any atom is 0.277 e. The number of amides is 1. The number of hydrogen-bond acceptors (Lipinski definition) is 7. The Labute approximate surface area is 174 Å². The van der Waals surface area contributed by atoms with Gasteiger partial charge in [0.05, 0.1) is 25.5 Å². The normalized spacial score (nSPS) is 10.5. The molecule has 9 heteroatoms. The van der Waals surface area contributed by atoms with Crippen molar-refractivity contribution in [3.05, 3.63) is 46.0 Å². The second kappa shape index (κ2) is 9.09. The van der Waals surface area contributed by atoms with Gasteiger partial charge in [-0.2, -0.15) is 0 Å². The molecule has 2 aromatic carbocycles. The summed E-state index contributed by atoms with van der Waals surface area (Å²) in [7, 11) is 3.14. The number of methoxy groups -OCH3 is 2.